The average Bonchev–Trinajstić information content (AvgIpc) is 2.57. The minimum absolute atomic E-state index is 0.0821. The number of rotatable bonds is 4. The second-order valence-electron chi connectivity index (χ2n) is 6.10. The molecule has 3 aromatic rings. The van der Waals surface area contributed by atoms with Gasteiger partial charge in [-0.15, -0.1) is 0 Å². The number of nitrogens with zero attached hydrogens (tertiary/aromatic N) is 1. The molecule has 0 spiro atoms. The van der Waals surface area contributed by atoms with Gasteiger partial charge in [0.2, 0.25) is 0 Å². The molecular formula is C21H21NO. The van der Waals surface area contributed by atoms with Crippen molar-refractivity contribution in [3.8, 4) is 5.75 Å². The van der Waals surface area contributed by atoms with Gasteiger partial charge < -0.3 is 5.11 Å². The van der Waals surface area contributed by atoms with Crippen LogP contribution >= 0.6 is 0 Å². The lowest BCUT2D eigenvalue weighted by molar-refractivity contribution is 0.444. The van der Waals surface area contributed by atoms with Gasteiger partial charge in [0.05, 0.1) is 6.04 Å². The van der Waals surface area contributed by atoms with Gasteiger partial charge in [0, 0.05) is 11.8 Å². The number of aliphatic imine (C=N–C) groups is 1. The summed E-state index contributed by atoms with van der Waals surface area (Å²) in [4.78, 5) is 4.79. The molecule has 0 heterocycles. The van der Waals surface area contributed by atoms with Gasteiger partial charge in [0.25, 0.3) is 0 Å². The predicted molar refractivity (Wildman–Crippen MR) is 97.2 cm³/mol. The monoisotopic (exact) mass is 303 g/mol. The van der Waals surface area contributed by atoms with Crippen LogP contribution in [0.4, 0.5) is 0 Å². The quantitative estimate of drug-likeness (QED) is 0.646. The molecule has 0 aliphatic heterocycles. The van der Waals surface area contributed by atoms with Crippen LogP contribution in [0.2, 0.25) is 0 Å². The average molecular weight is 303 g/mol. The van der Waals surface area contributed by atoms with E-state index in [2.05, 4.69) is 26.0 Å². The Kier molecular flexibility index (Phi) is 4.42. The van der Waals surface area contributed by atoms with Crippen molar-refractivity contribution in [2.75, 3.05) is 0 Å². The lowest BCUT2D eigenvalue weighted by Crippen LogP contribution is -2.06. The van der Waals surface area contributed by atoms with E-state index in [-0.39, 0.29) is 12.0 Å². The first-order valence-electron chi connectivity index (χ1n) is 7.95. The maximum Gasteiger partial charge on any atom is 0.121 e. The van der Waals surface area contributed by atoms with E-state index < -0.39 is 0 Å². The summed E-state index contributed by atoms with van der Waals surface area (Å²) in [5.74, 6) is 0.597. The second kappa shape index (κ2) is 6.66. The van der Waals surface area contributed by atoms with Crippen molar-refractivity contribution in [3.63, 3.8) is 0 Å². The lowest BCUT2D eigenvalue weighted by atomic mass is 9.91. The second-order valence-corrected chi connectivity index (χ2v) is 6.10. The summed E-state index contributed by atoms with van der Waals surface area (Å²) in [6.45, 7) is 4.27. The minimum atomic E-state index is -0.0821. The minimum Gasteiger partial charge on any atom is -0.508 e. The van der Waals surface area contributed by atoms with E-state index in [1.165, 1.54) is 0 Å². The topological polar surface area (TPSA) is 32.6 Å². The molecule has 0 fully saturated rings. The first-order valence-corrected chi connectivity index (χ1v) is 7.95. The normalized spacial score (nSPS) is 13.0. The predicted octanol–water partition coefficient (Wildman–Crippen LogP) is 5.36. The van der Waals surface area contributed by atoms with Crippen molar-refractivity contribution in [2.45, 2.75) is 19.9 Å². The summed E-state index contributed by atoms with van der Waals surface area (Å²) >= 11 is 0. The standard InChI is InChI=1S/C21H21NO/c1-15(2)21(22-14-16-8-4-3-5-9-16)20-18-11-7-6-10-17(18)12-13-19(20)23/h3-15,21,23H,1-2H3. The summed E-state index contributed by atoms with van der Waals surface area (Å²) < 4.78 is 0. The van der Waals surface area contributed by atoms with Crippen LogP contribution in [-0.2, 0) is 0 Å². The molecule has 1 atom stereocenters. The highest BCUT2D eigenvalue weighted by Gasteiger charge is 2.20. The van der Waals surface area contributed by atoms with Crippen molar-refractivity contribution in [2.24, 2.45) is 10.9 Å². The molecule has 3 rings (SSSR count). The van der Waals surface area contributed by atoms with Gasteiger partial charge in [0.15, 0.2) is 0 Å². The third-order valence-corrected chi connectivity index (χ3v) is 4.06. The first-order chi connectivity index (χ1) is 11.2. The molecule has 0 saturated heterocycles. The maximum atomic E-state index is 10.5. The van der Waals surface area contributed by atoms with Gasteiger partial charge in [-0.3, -0.25) is 4.99 Å². The molecule has 0 bridgehead atoms. The van der Waals surface area contributed by atoms with Crippen LogP contribution in [0, 0.1) is 5.92 Å². The van der Waals surface area contributed by atoms with Crippen molar-refractivity contribution in [1.82, 2.24) is 0 Å². The van der Waals surface area contributed by atoms with Gasteiger partial charge in [-0.05, 0) is 28.3 Å². The maximum absolute atomic E-state index is 10.5. The van der Waals surface area contributed by atoms with Crippen LogP contribution < -0.4 is 0 Å². The van der Waals surface area contributed by atoms with Crippen molar-refractivity contribution in [3.05, 3.63) is 77.9 Å². The SMILES string of the molecule is CC(C)C(N=Cc1ccccc1)c1c(O)ccc2ccccc12. The summed E-state index contributed by atoms with van der Waals surface area (Å²) in [6.07, 6.45) is 1.89. The molecule has 0 aromatic heterocycles. The Morgan fingerprint density at radius 3 is 2.30 bits per heavy atom. The van der Waals surface area contributed by atoms with Crippen LogP contribution in [0.5, 0.6) is 5.75 Å². The van der Waals surface area contributed by atoms with Gasteiger partial charge >= 0.3 is 0 Å². The summed E-state index contributed by atoms with van der Waals surface area (Å²) in [5, 5.41) is 12.6. The lowest BCUT2D eigenvalue weighted by Gasteiger charge is -2.20. The number of phenolic OH excluding ortho intramolecular Hbond substituents is 1. The summed E-state index contributed by atoms with van der Waals surface area (Å²) in [6, 6.07) is 21.8. The van der Waals surface area contributed by atoms with Crippen LogP contribution in [0.1, 0.15) is 31.0 Å². The Morgan fingerprint density at radius 2 is 1.57 bits per heavy atom. The molecular weight excluding hydrogens is 282 g/mol. The van der Waals surface area contributed by atoms with Gasteiger partial charge in [0.1, 0.15) is 5.75 Å². The summed E-state index contributed by atoms with van der Waals surface area (Å²) in [5.41, 5.74) is 1.98. The number of fused-ring (bicyclic) bond motifs is 1. The zero-order valence-electron chi connectivity index (χ0n) is 13.5. The van der Waals surface area contributed by atoms with E-state index in [0.29, 0.717) is 5.75 Å². The van der Waals surface area contributed by atoms with Crippen molar-refractivity contribution in [1.29, 1.82) is 0 Å². The third-order valence-electron chi connectivity index (χ3n) is 4.06. The number of hydrogen-bond acceptors (Lipinski definition) is 2. The van der Waals surface area contributed by atoms with Gasteiger partial charge in [-0.25, -0.2) is 0 Å². The van der Waals surface area contributed by atoms with E-state index >= 15 is 0 Å². The molecule has 0 aliphatic rings. The van der Waals surface area contributed by atoms with Crippen molar-refractivity contribution < 1.29 is 5.11 Å². The van der Waals surface area contributed by atoms with Gasteiger partial charge in [-0.1, -0.05) is 74.5 Å². The van der Waals surface area contributed by atoms with Crippen LogP contribution in [-0.4, -0.2) is 11.3 Å². The molecule has 3 aromatic carbocycles. The van der Waals surface area contributed by atoms with Crippen molar-refractivity contribution >= 4 is 17.0 Å². The fourth-order valence-corrected chi connectivity index (χ4v) is 2.88. The van der Waals surface area contributed by atoms with Crippen LogP contribution in [0.25, 0.3) is 10.8 Å². The third kappa shape index (κ3) is 3.26. The molecule has 0 amide bonds. The van der Waals surface area contributed by atoms with E-state index in [9.17, 15) is 5.11 Å². The van der Waals surface area contributed by atoms with E-state index in [1.807, 2.05) is 54.7 Å². The van der Waals surface area contributed by atoms with Gasteiger partial charge in [-0.2, -0.15) is 0 Å². The molecule has 1 unspecified atom stereocenters. The highest BCUT2D eigenvalue weighted by atomic mass is 16.3. The van der Waals surface area contributed by atoms with E-state index in [0.717, 1.165) is 21.9 Å². The van der Waals surface area contributed by atoms with E-state index in [1.54, 1.807) is 6.07 Å². The molecule has 0 saturated carbocycles. The highest BCUT2D eigenvalue weighted by molar-refractivity contribution is 5.88. The molecule has 0 radical (unpaired) electrons. The number of benzene rings is 3. The molecule has 1 N–H and O–H groups in total. The Bertz CT molecular complexity index is 822. The smallest absolute Gasteiger partial charge is 0.121 e. The number of aromatic hydroxyl groups is 1. The zero-order chi connectivity index (χ0) is 16.2. The molecule has 0 aliphatic carbocycles. The zero-order valence-corrected chi connectivity index (χ0v) is 13.5. The van der Waals surface area contributed by atoms with Crippen LogP contribution in [0.3, 0.4) is 0 Å². The Morgan fingerprint density at radius 1 is 0.870 bits per heavy atom. The van der Waals surface area contributed by atoms with E-state index in [4.69, 9.17) is 4.99 Å². The first kappa shape index (κ1) is 15.3. The highest BCUT2D eigenvalue weighted by Crippen LogP contribution is 2.37. The fourth-order valence-electron chi connectivity index (χ4n) is 2.88. The number of hydrogen-bond donors (Lipinski definition) is 1. The Labute approximate surface area is 137 Å². The summed E-state index contributed by atoms with van der Waals surface area (Å²) in [7, 11) is 0. The molecule has 2 heteroatoms. The fraction of sp³-hybridized carbons (Fsp3) is 0.190. The number of phenols is 1. The molecule has 116 valence electrons. The van der Waals surface area contributed by atoms with Crippen LogP contribution in [0.15, 0.2) is 71.7 Å². The molecule has 23 heavy (non-hydrogen) atoms. The largest absolute Gasteiger partial charge is 0.508 e. The molecule has 2 nitrogen and oxygen atoms in total. The Hall–Kier alpha value is -2.61. The Balaban J connectivity index is 2.09.